The van der Waals surface area contributed by atoms with Crippen molar-refractivity contribution in [2.75, 3.05) is 18.0 Å². The Morgan fingerprint density at radius 2 is 1.56 bits per heavy atom. The number of amides is 2. The van der Waals surface area contributed by atoms with E-state index in [1.807, 2.05) is 32.9 Å². The van der Waals surface area contributed by atoms with Crippen LogP contribution in [0.5, 0.6) is 5.75 Å². The Morgan fingerprint density at radius 1 is 0.949 bits per heavy atom. The summed E-state index contributed by atoms with van der Waals surface area (Å²) in [5.41, 5.74) is 1.11. The normalized spacial score (nSPS) is 12.1. The van der Waals surface area contributed by atoms with Gasteiger partial charge in [0.05, 0.1) is 17.7 Å². The lowest BCUT2D eigenvalue weighted by molar-refractivity contribution is -0.140. The van der Waals surface area contributed by atoms with Crippen LogP contribution in [0.3, 0.4) is 0 Å². The molecule has 3 rings (SSSR count). The van der Waals surface area contributed by atoms with E-state index >= 15 is 0 Å². The van der Waals surface area contributed by atoms with Crippen molar-refractivity contribution in [3.8, 4) is 5.75 Å². The molecule has 8 nitrogen and oxygen atoms in total. The number of sulfonamides is 1. The van der Waals surface area contributed by atoms with E-state index < -0.39 is 28.5 Å². The number of benzene rings is 3. The summed E-state index contributed by atoms with van der Waals surface area (Å²) in [5, 5.41) is 2.89. The Kier molecular flexibility index (Phi) is 10.5. The molecule has 2 amide bonds. The zero-order chi connectivity index (χ0) is 28.6. The lowest BCUT2D eigenvalue weighted by Crippen LogP contribution is -2.53. The third kappa shape index (κ3) is 7.83. The molecule has 0 unspecified atom stereocenters. The van der Waals surface area contributed by atoms with E-state index in [0.717, 1.165) is 14.3 Å². The molecule has 3 aromatic rings. The van der Waals surface area contributed by atoms with Crippen molar-refractivity contribution in [3.05, 3.63) is 88.9 Å². The standard InChI is InChI=1S/C29H34BrN3O5S/c1-5-27(29(35)31-21(2)3)32(19-22-11-17-25(38-4)18-12-22)28(34)20-33(24-15-13-23(30)14-16-24)39(36,37)26-9-7-6-8-10-26/h6-18,21,27H,5,19-20H2,1-4H3,(H,31,35)/t27-/m1/s1. The minimum Gasteiger partial charge on any atom is -0.497 e. The van der Waals surface area contributed by atoms with E-state index in [1.54, 1.807) is 61.7 Å². The van der Waals surface area contributed by atoms with E-state index in [-0.39, 0.29) is 23.4 Å². The van der Waals surface area contributed by atoms with Gasteiger partial charge in [0, 0.05) is 17.1 Å². The van der Waals surface area contributed by atoms with Crippen LogP contribution in [0.4, 0.5) is 5.69 Å². The number of ether oxygens (including phenoxy) is 1. The molecule has 1 atom stereocenters. The van der Waals surface area contributed by atoms with Crippen molar-refractivity contribution in [1.29, 1.82) is 0 Å². The predicted octanol–water partition coefficient (Wildman–Crippen LogP) is 4.99. The molecule has 208 valence electrons. The molecule has 0 heterocycles. The van der Waals surface area contributed by atoms with Gasteiger partial charge in [0.15, 0.2) is 0 Å². The Morgan fingerprint density at radius 3 is 2.10 bits per heavy atom. The number of rotatable bonds is 12. The lowest BCUT2D eigenvalue weighted by Gasteiger charge is -2.33. The first-order chi connectivity index (χ1) is 18.6. The van der Waals surface area contributed by atoms with Crippen LogP contribution in [-0.2, 0) is 26.2 Å². The number of carbonyl (C=O) groups is 2. The van der Waals surface area contributed by atoms with E-state index in [4.69, 9.17) is 4.74 Å². The average molecular weight is 617 g/mol. The first kappa shape index (κ1) is 30.2. The summed E-state index contributed by atoms with van der Waals surface area (Å²) in [6.45, 7) is 5.16. The highest BCUT2D eigenvalue weighted by atomic mass is 79.9. The van der Waals surface area contributed by atoms with Crippen LogP contribution in [0.1, 0.15) is 32.8 Å². The zero-order valence-corrected chi connectivity index (χ0v) is 24.9. The summed E-state index contributed by atoms with van der Waals surface area (Å²) in [6, 6.07) is 20.9. The molecule has 0 aromatic heterocycles. The van der Waals surface area contributed by atoms with Crippen molar-refractivity contribution in [2.24, 2.45) is 0 Å². The Bertz CT molecular complexity index is 1350. The third-order valence-corrected chi connectivity index (χ3v) is 8.37. The summed E-state index contributed by atoms with van der Waals surface area (Å²) in [5.74, 6) is -0.133. The summed E-state index contributed by atoms with van der Waals surface area (Å²) in [4.78, 5) is 28.7. The third-order valence-electron chi connectivity index (χ3n) is 6.05. The molecule has 0 saturated carbocycles. The molecule has 1 N–H and O–H groups in total. The second-order valence-electron chi connectivity index (χ2n) is 9.26. The van der Waals surface area contributed by atoms with Crippen molar-refractivity contribution in [1.82, 2.24) is 10.2 Å². The summed E-state index contributed by atoms with van der Waals surface area (Å²) < 4.78 is 34.6. The number of hydrogen-bond donors (Lipinski definition) is 1. The molecule has 0 radical (unpaired) electrons. The van der Waals surface area contributed by atoms with Crippen molar-refractivity contribution in [3.63, 3.8) is 0 Å². The van der Waals surface area contributed by atoms with E-state index in [0.29, 0.717) is 17.9 Å². The van der Waals surface area contributed by atoms with Crippen molar-refractivity contribution < 1.29 is 22.7 Å². The average Bonchev–Trinajstić information content (AvgIpc) is 2.92. The molecule has 0 aliphatic heterocycles. The fraction of sp³-hybridized carbons (Fsp3) is 0.310. The molecule has 0 bridgehead atoms. The zero-order valence-electron chi connectivity index (χ0n) is 22.5. The highest BCUT2D eigenvalue weighted by molar-refractivity contribution is 9.10. The number of nitrogens with one attached hydrogen (secondary N) is 1. The Hall–Kier alpha value is -3.37. The minimum atomic E-state index is -4.10. The molecule has 39 heavy (non-hydrogen) atoms. The second kappa shape index (κ2) is 13.6. The molecule has 0 spiro atoms. The van der Waals surface area contributed by atoms with Crippen molar-refractivity contribution >= 4 is 43.5 Å². The topological polar surface area (TPSA) is 96.0 Å². The molecular formula is C29H34BrN3O5S. The number of anilines is 1. The first-order valence-corrected chi connectivity index (χ1v) is 14.9. The van der Waals surface area contributed by atoms with Gasteiger partial charge in [0.1, 0.15) is 18.3 Å². The van der Waals surface area contributed by atoms with Crippen LogP contribution < -0.4 is 14.4 Å². The second-order valence-corrected chi connectivity index (χ2v) is 12.0. The quantitative estimate of drug-likeness (QED) is 0.310. The SMILES string of the molecule is CC[C@H](C(=O)NC(C)C)N(Cc1ccc(OC)cc1)C(=O)CN(c1ccc(Br)cc1)S(=O)(=O)c1ccccc1. The molecule has 0 aliphatic carbocycles. The maximum Gasteiger partial charge on any atom is 0.264 e. The fourth-order valence-corrected chi connectivity index (χ4v) is 5.78. The summed E-state index contributed by atoms with van der Waals surface area (Å²) in [6.07, 6.45) is 0.351. The summed E-state index contributed by atoms with van der Waals surface area (Å²) >= 11 is 3.38. The van der Waals surface area contributed by atoms with Gasteiger partial charge < -0.3 is 15.0 Å². The maximum atomic E-state index is 14.0. The fourth-order valence-electron chi connectivity index (χ4n) is 4.08. The maximum absolute atomic E-state index is 14.0. The van der Waals surface area contributed by atoms with Crippen molar-refractivity contribution in [2.45, 2.75) is 50.7 Å². The number of carbonyl (C=O) groups excluding carboxylic acids is 2. The largest absolute Gasteiger partial charge is 0.497 e. The van der Waals surface area contributed by atoms with Gasteiger partial charge in [-0.25, -0.2) is 8.42 Å². The van der Waals surface area contributed by atoms with Crippen LogP contribution in [0.15, 0.2) is 88.2 Å². The number of nitrogens with zero attached hydrogens (tertiary/aromatic N) is 2. The van der Waals surface area contributed by atoms with Gasteiger partial charge in [-0.3, -0.25) is 13.9 Å². The Labute approximate surface area is 239 Å². The van der Waals surface area contributed by atoms with Gasteiger partial charge in [-0.1, -0.05) is 53.2 Å². The number of hydrogen-bond acceptors (Lipinski definition) is 5. The molecule has 10 heteroatoms. The smallest absolute Gasteiger partial charge is 0.264 e. The van der Waals surface area contributed by atoms with Crippen LogP contribution in [0.2, 0.25) is 0 Å². The van der Waals surface area contributed by atoms with Gasteiger partial charge in [0.2, 0.25) is 11.8 Å². The van der Waals surface area contributed by atoms with Crippen LogP contribution in [0.25, 0.3) is 0 Å². The van der Waals surface area contributed by atoms with E-state index in [9.17, 15) is 18.0 Å². The highest BCUT2D eigenvalue weighted by Gasteiger charge is 2.33. The Balaban J connectivity index is 2.04. The van der Waals surface area contributed by atoms with Gasteiger partial charge in [0.25, 0.3) is 10.0 Å². The van der Waals surface area contributed by atoms with Crippen LogP contribution in [-0.4, -0.2) is 50.9 Å². The van der Waals surface area contributed by atoms with E-state index in [2.05, 4.69) is 21.2 Å². The van der Waals surface area contributed by atoms with Gasteiger partial charge in [-0.15, -0.1) is 0 Å². The summed E-state index contributed by atoms with van der Waals surface area (Å²) in [7, 11) is -2.53. The first-order valence-electron chi connectivity index (χ1n) is 12.6. The predicted molar refractivity (Wildman–Crippen MR) is 156 cm³/mol. The highest BCUT2D eigenvalue weighted by Crippen LogP contribution is 2.26. The molecular weight excluding hydrogens is 582 g/mol. The van der Waals surface area contributed by atoms with Gasteiger partial charge in [-0.05, 0) is 74.4 Å². The molecule has 3 aromatic carbocycles. The van der Waals surface area contributed by atoms with Gasteiger partial charge in [-0.2, -0.15) is 0 Å². The van der Waals surface area contributed by atoms with E-state index in [1.165, 1.54) is 17.0 Å². The molecule has 0 aliphatic rings. The molecule has 0 fully saturated rings. The van der Waals surface area contributed by atoms with Crippen LogP contribution >= 0.6 is 15.9 Å². The number of methoxy groups -OCH3 is 1. The monoisotopic (exact) mass is 615 g/mol. The van der Waals surface area contributed by atoms with Crippen LogP contribution in [0, 0.1) is 0 Å². The molecule has 0 saturated heterocycles. The van der Waals surface area contributed by atoms with Gasteiger partial charge >= 0.3 is 0 Å². The lowest BCUT2D eigenvalue weighted by atomic mass is 10.1. The minimum absolute atomic E-state index is 0.0621. The number of halogens is 1.